The molecule has 0 radical (unpaired) electrons. The molecular weight excluding hydrogens is 1840 g/mol. The predicted octanol–water partition coefficient (Wildman–Crippen LogP) is 3.94. The van der Waals surface area contributed by atoms with Gasteiger partial charge in [-0.2, -0.15) is 11.3 Å². The minimum atomic E-state index is -2.11. The molecule has 754 valence electrons. The third kappa shape index (κ3) is 35.0. The Kier molecular flexibility index (Phi) is 42.2. The van der Waals surface area contributed by atoms with Crippen molar-refractivity contribution in [2.24, 2.45) is 11.1 Å². The molecule has 4 aliphatic rings. The third-order valence-corrected chi connectivity index (χ3v) is 26.2. The number of amides is 16. The fourth-order valence-corrected chi connectivity index (χ4v) is 18.9. The van der Waals surface area contributed by atoms with E-state index < -0.39 is 222 Å². The standard InChI is InChI=1S/C97H131N17O23S2/c1-57-82(122)100-58(2)83(123)106-71(45-60-28-18-17-19-29-60)87(127)105-69-33-22-24-40-99-78(116)36-35-68(81(98)121)104-88(128)73(48-64-56-139-77-34-21-20-32-67(64)77)108-86(126)70(47-62-37-43-138-55-62)102-65-49-66(103-84(69)124)54-113(53-65)95(136)137-42-25-16-14-12-10-8-7-9-11-13-15-23-38-97(39-27-41-114(97)59(3)115)93(134)110-74(50-79(117)118)89(129)109-76(52-96(4,5)6)91(131)112-94(135)111-75(51-80(119)120)90(130)107-72(85(125)101-57)46-61-30-26-31-63(44-61)92(132)133/h12,14-15,17-21,23,26,28-32,34,37,43-44,55-58,65-66,68-76,91,102,131H,7-11,13,16,22,24-25,27,33,35-36,38-42,45-54H2,1-6H3,(H2,98,121)(H,99,116)(H,100,122)(H,101,125)(H,103,124)(H,104,128)(H,105,127)(H,106,123)(H,107,130)(H,108,126)(H,109,129)(H,110,134)(H,117,118)(H,119,120)(H,132,133)(H2,111,112,135)/t57-,58-,65?,66?,68-,69-,70-,71-,72-,73-,74-,75-,76-,91?,97-/m0/s1. The highest BCUT2D eigenvalue weighted by molar-refractivity contribution is 7.17. The van der Waals surface area contributed by atoms with Crippen LogP contribution in [0, 0.1) is 5.41 Å². The Morgan fingerprint density at radius 2 is 1.12 bits per heavy atom. The predicted molar refractivity (Wildman–Crippen MR) is 514 cm³/mol. The fraction of sp³-hybridized carbons (Fsp3) is 0.526. The first-order valence-electron chi connectivity index (χ1n) is 47.1. The number of aromatic carboxylic acids is 1. The highest BCUT2D eigenvalue weighted by Crippen LogP contribution is 2.35. The number of cyclic esters (lactones) is 1. The molecule has 3 unspecified atom stereocenters. The van der Waals surface area contributed by atoms with Crippen molar-refractivity contribution in [3.05, 3.63) is 153 Å². The number of aliphatic hydroxyl groups excluding tert-OH is 1. The maximum Gasteiger partial charge on any atom is 0.409 e. The number of primary amides is 1. The number of aliphatic hydroxyl groups is 1. The summed E-state index contributed by atoms with van der Waals surface area (Å²) < 4.78 is 6.87. The number of rotatable bonds is 15. The number of fused-ring (bicyclic) bond motifs is 5. The van der Waals surface area contributed by atoms with Gasteiger partial charge in [-0.1, -0.05) is 119 Å². The lowest BCUT2D eigenvalue weighted by molar-refractivity contribution is -0.146. The number of urea groups is 1. The second-order valence-electron chi connectivity index (χ2n) is 36.9. The highest BCUT2D eigenvalue weighted by atomic mass is 32.1. The molecule has 3 saturated heterocycles. The van der Waals surface area contributed by atoms with E-state index in [1.165, 1.54) is 71.4 Å². The van der Waals surface area contributed by atoms with Crippen molar-refractivity contribution < 1.29 is 111 Å². The molecule has 5 aromatic rings. The first-order chi connectivity index (χ1) is 66.2. The summed E-state index contributed by atoms with van der Waals surface area (Å²) >= 11 is 2.82. The van der Waals surface area contributed by atoms with E-state index in [1.807, 2.05) is 64.7 Å². The molecule has 1 spiro atoms. The number of nitrogens with two attached hydrogens (primary N) is 1. The Morgan fingerprint density at radius 3 is 1.78 bits per heavy atom. The molecule has 4 bridgehead atoms. The Bertz CT molecular complexity index is 5200. The summed E-state index contributed by atoms with van der Waals surface area (Å²) in [5.74, 6) is -16.0. The number of hydrogen-bond donors (Lipinski definition) is 19. The van der Waals surface area contributed by atoms with Gasteiger partial charge in [0.1, 0.15) is 66.1 Å². The van der Waals surface area contributed by atoms with Gasteiger partial charge in [-0.25, -0.2) is 14.4 Å². The van der Waals surface area contributed by atoms with Crippen molar-refractivity contribution in [1.82, 2.24) is 84.2 Å². The number of carboxylic acid groups (broad SMARTS) is 3. The summed E-state index contributed by atoms with van der Waals surface area (Å²) in [5.41, 5.74) is 5.37. The van der Waals surface area contributed by atoms with Crippen LogP contribution in [0.1, 0.15) is 203 Å². The van der Waals surface area contributed by atoms with Crippen molar-refractivity contribution in [1.29, 1.82) is 0 Å². The van der Waals surface area contributed by atoms with Crippen molar-refractivity contribution >= 4 is 140 Å². The van der Waals surface area contributed by atoms with Gasteiger partial charge in [0.05, 0.1) is 37.1 Å². The van der Waals surface area contributed by atoms with Crippen molar-refractivity contribution in [2.45, 2.75) is 286 Å². The second-order valence-corrected chi connectivity index (χ2v) is 38.6. The van der Waals surface area contributed by atoms with Crippen molar-refractivity contribution in [3.8, 4) is 0 Å². The topological polar surface area (TPSA) is 598 Å². The number of nitrogens with zero attached hydrogens (tertiary/aromatic N) is 2. The number of thiophene rings is 2. The van der Waals surface area contributed by atoms with Crippen molar-refractivity contribution in [2.75, 3.05) is 32.8 Å². The third-order valence-electron chi connectivity index (χ3n) is 24.4. The van der Waals surface area contributed by atoms with Crippen molar-refractivity contribution in [3.63, 3.8) is 0 Å². The van der Waals surface area contributed by atoms with Gasteiger partial charge >= 0.3 is 30.0 Å². The van der Waals surface area contributed by atoms with Crippen LogP contribution in [0.3, 0.4) is 0 Å². The van der Waals surface area contributed by atoms with Gasteiger partial charge in [-0.05, 0) is 190 Å². The first kappa shape index (κ1) is 109. The Morgan fingerprint density at radius 1 is 0.540 bits per heavy atom. The molecule has 0 aliphatic carbocycles. The van der Waals surface area contributed by atoms with Gasteiger partial charge in [-0.3, -0.25) is 71.9 Å². The molecule has 3 aromatic carbocycles. The molecule has 6 heterocycles. The second kappa shape index (κ2) is 53.6. The molecule has 20 N–H and O–H groups in total. The van der Waals surface area contributed by atoms with Gasteiger partial charge in [0.25, 0.3) is 0 Å². The maximum atomic E-state index is 15.4. The summed E-state index contributed by atoms with van der Waals surface area (Å²) in [5, 5.41) is 85.7. The normalized spacial score (nSPS) is 26.3. The van der Waals surface area contributed by atoms with Gasteiger partial charge in [0.2, 0.25) is 76.8 Å². The Hall–Kier alpha value is -13.2. The monoisotopic (exact) mass is 1970 g/mol. The average molecular weight is 1970 g/mol. The lowest BCUT2D eigenvalue weighted by Crippen LogP contribution is -2.63. The van der Waals surface area contributed by atoms with E-state index in [1.54, 1.807) is 57.2 Å². The number of carboxylic acids is 3. The summed E-state index contributed by atoms with van der Waals surface area (Å²) in [6.45, 7) is 8.82. The van der Waals surface area contributed by atoms with Crippen LogP contribution >= 0.6 is 22.7 Å². The number of aliphatic carboxylic acids is 2. The quantitative estimate of drug-likeness (QED) is 0.0660. The average Bonchev–Trinajstić information content (AvgIpc) is 1.66. The van der Waals surface area contributed by atoms with Gasteiger partial charge in [0, 0.05) is 75.6 Å². The molecular formula is C97H131N17O23S2. The van der Waals surface area contributed by atoms with E-state index in [4.69, 9.17) is 10.5 Å². The number of carbonyl (C=O) groups excluding carboxylic acids is 15. The van der Waals surface area contributed by atoms with Gasteiger partial charge < -0.3 is 115 Å². The number of nitrogens with one attached hydrogen (secondary N) is 14. The van der Waals surface area contributed by atoms with Gasteiger partial charge in [-0.15, -0.1) is 11.3 Å². The molecule has 3 fully saturated rings. The molecule has 40 nitrogen and oxygen atoms in total. The molecule has 15 atom stereocenters. The van der Waals surface area contributed by atoms with E-state index in [9.17, 15) is 92.3 Å². The van der Waals surface area contributed by atoms with Crippen LogP contribution in [0.5, 0.6) is 0 Å². The Balaban J connectivity index is 1.02. The van der Waals surface area contributed by atoms with Crippen LogP contribution in [0.2, 0.25) is 0 Å². The molecule has 9 rings (SSSR count). The largest absolute Gasteiger partial charge is 0.481 e. The van der Waals surface area contributed by atoms with E-state index in [2.05, 4.69) is 74.4 Å². The summed E-state index contributed by atoms with van der Waals surface area (Å²) in [6, 6.07) is 2.54. The van der Waals surface area contributed by atoms with Crippen LogP contribution < -0.4 is 80.2 Å². The number of benzene rings is 3. The number of piperidine rings is 1. The number of carbonyl (C=O) groups is 18. The lowest BCUT2D eigenvalue weighted by Gasteiger charge is -2.39. The molecule has 2 aromatic heterocycles. The summed E-state index contributed by atoms with van der Waals surface area (Å²) in [6.07, 6.45) is 7.67. The fourth-order valence-electron chi connectivity index (χ4n) is 17.2. The van der Waals surface area contributed by atoms with Crippen LogP contribution in [-0.2, 0) is 102 Å². The zero-order valence-electron chi connectivity index (χ0n) is 79.0. The SMILES string of the molecule is CC(=O)N1CCC[C@]12CC=CCCCCCCC=CCCCOC(=O)N1CC3CC(C1)N[C@@H](Cc1ccsc1)C(=O)N[C@@H](Cc1csc4ccccc14)C(=O)N[C@H](C(N)=O)CCC(=O)NCCCC[C@H](NC(=O)[C@H](Cc1ccccc1)NC(=O)[C@H](C)NC(=O)[C@H](C)NC(=O)[C@H](Cc1cccc(C(=O)O)c1)NC(=O)[C@H](CC(=O)O)NC(=O)NC(O)[C@H](CC(C)(C)C)NC(=O)[C@H](CC(=O)O)NC2=O)C(=O)N3. The summed E-state index contributed by atoms with van der Waals surface area (Å²) in [4.78, 5) is 257. The van der Waals surface area contributed by atoms with E-state index in [-0.39, 0.29) is 121 Å². The highest BCUT2D eigenvalue weighted by Gasteiger charge is 2.50. The number of allylic oxidation sites excluding steroid dienone is 3. The molecule has 0 saturated carbocycles. The van der Waals surface area contributed by atoms with Crippen LogP contribution in [0.4, 0.5) is 9.59 Å². The first-order valence-corrected chi connectivity index (χ1v) is 48.9. The minimum Gasteiger partial charge on any atom is -0.481 e. The maximum absolute atomic E-state index is 15.4. The zero-order valence-corrected chi connectivity index (χ0v) is 80.7. The molecule has 139 heavy (non-hydrogen) atoms. The molecule has 4 aliphatic heterocycles. The Labute approximate surface area is 814 Å². The molecule has 16 amide bonds. The smallest absolute Gasteiger partial charge is 0.409 e. The lowest BCUT2D eigenvalue weighted by atomic mass is 9.87. The van der Waals surface area contributed by atoms with E-state index >= 15 is 14.4 Å². The molecule has 42 heteroatoms. The van der Waals surface area contributed by atoms with Crippen LogP contribution in [-0.4, -0.2) is 260 Å². The van der Waals surface area contributed by atoms with E-state index in [0.717, 1.165) is 53.8 Å². The zero-order chi connectivity index (χ0) is 101. The van der Waals surface area contributed by atoms with Crippen LogP contribution in [0.25, 0.3) is 10.1 Å². The van der Waals surface area contributed by atoms with Crippen LogP contribution in [0.15, 0.2) is 125 Å². The van der Waals surface area contributed by atoms with E-state index in [0.29, 0.717) is 36.8 Å². The summed E-state index contributed by atoms with van der Waals surface area (Å²) in [7, 11) is 0. The van der Waals surface area contributed by atoms with Gasteiger partial charge in [0.15, 0.2) is 0 Å². The minimum absolute atomic E-state index is 0.00553. The number of likely N-dealkylation sites (tertiary alicyclic amines) is 1. The number of hydrogen-bond acceptors (Lipinski definition) is 23. The number of ether oxygens (including phenoxy) is 1.